The van der Waals surface area contributed by atoms with Gasteiger partial charge in [-0.25, -0.2) is 0 Å². The molecule has 1 aliphatic rings. The van der Waals surface area contributed by atoms with E-state index in [-0.39, 0.29) is 10.6 Å². The first kappa shape index (κ1) is 9.15. The predicted octanol–water partition coefficient (Wildman–Crippen LogP) is 1.63. The summed E-state index contributed by atoms with van der Waals surface area (Å²) >= 11 is 0. The third-order valence-electron chi connectivity index (χ3n) is 2.55. The second kappa shape index (κ2) is 3.75. The third-order valence-corrected chi connectivity index (χ3v) is 2.55. The summed E-state index contributed by atoms with van der Waals surface area (Å²) in [5.41, 5.74) is 2.22. The highest BCUT2D eigenvalue weighted by molar-refractivity contribution is 5.46. The van der Waals surface area contributed by atoms with E-state index in [9.17, 15) is 10.1 Å². The van der Waals surface area contributed by atoms with Gasteiger partial charge in [-0.05, 0) is 24.9 Å². The van der Waals surface area contributed by atoms with Crippen molar-refractivity contribution < 1.29 is 4.92 Å². The molecule has 0 aliphatic carbocycles. The molecule has 1 aromatic carbocycles. The van der Waals surface area contributed by atoms with Crippen LogP contribution in [-0.4, -0.2) is 11.5 Å². The van der Waals surface area contributed by atoms with Gasteiger partial charge in [-0.3, -0.25) is 10.1 Å². The van der Waals surface area contributed by atoms with E-state index in [1.165, 1.54) is 0 Å². The molecule has 1 N–H and O–H groups in total. The molecule has 4 heteroatoms. The van der Waals surface area contributed by atoms with Crippen LogP contribution in [-0.2, 0) is 13.0 Å². The van der Waals surface area contributed by atoms with Crippen LogP contribution in [0.1, 0.15) is 17.5 Å². The van der Waals surface area contributed by atoms with Crippen molar-refractivity contribution in [3.63, 3.8) is 0 Å². The highest BCUT2D eigenvalue weighted by atomic mass is 16.6. The Bertz CT molecular complexity index is 363. The molecular formula is C10H12N2O2. The monoisotopic (exact) mass is 192 g/mol. The topological polar surface area (TPSA) is 55.2 Å². The second-order valence-electron chi connectivity index (χ2n) is 3.45. The molecule has 0 aromatic heterocycles. The lowest BCUT2D eigenvalue weighted by Crippen LogP contribution is -2.13. The summed E-state index contributed by atoms with van der Waals surface area (Å²) in [4.78, 5) is 10.5. The SMILES string of the molecule is O=[N+]([O-])c1cccc2c1CNCCC2. The van der Waals surface area contributed by atoms with Crippen LogP contribution in [0.15, 0.2) is 18.2 Å². The number of nitro groups is 1. The van der Waals surface area contributed by atoms with Crippen LogP contribution in [0.3, 0.4) is 0 Å². The Balaban J connectivity index is 2.47. The molecule has 0 unspecified atom stereocenters. The van der Waals surface area contributed by atoms with Crippen molar-refractivity contribution in [2.24, 2.45) is 0 Å². The van der Waals surface area contributed by atoms with Gasteiger partial charge in [-0.15, -0.1) is 0 Å². The number of hydrogen-bond donors (Lipinski definition) is 1. The van der Waals surface area contributed by atoms with Crippen LogP contribution in [0.25, 0.3) is 0 Å². The van der Waals surface area contributed by atoms with E-state index in [4.69, 9.17) is 0 Å². The quantitative estimate of drug-likeness (QED) is 0.543. The van der Waals surface area contributed by atoms with Crippen LogP contribution in [0, 0.1) is 10.1 Å². The van der Waals surface area contributed by atoms with Crippen LogP contribution in [0.5, 0.6) is 0 Å². The zero-order valence-electron chi connectivity index (χ0n) is 7.82. The highest BCUT2D eigenvalue weighted by Crippen LogP contribution is 2.24. The molecule has 0 bridgehead atoms. The van der Waals surface area contributed by atoms with E-state index in [0.29, 0.717) is 6.54 Å². The molecular weight excluding hydrogens is 180 g/mol. The molecule has 0 spiro atoms. The van der Waals surface area contributed by atoms with Gasteiger partial charge in [-0.1, -0.05) is 12.1 Å². The maximum atomic E-state index is 10.8. The number of nitrogens with zero attached hydrogens (tertiary/aromatic N) is 1. The van der Waals surface area contributed by atoms with Gasteiger partial charge in [0, 0.05) is 18.2 Å². The van der Waals surface area contributed by atoms with Gasteiger partial charge in [0.2, 0.25) is 0 Å². The number of aryl methyl sites for hydroxylation is 1. The molecule has 1 aromatic rings. The molecule has 74 valence electrons. The first-order chi connectivity index (χ1) is 6.79. The van der Waals surface area contributed by atoms with Crippen LogP contribution < -0.4 is 5.32 Å². The second-order valence-corrected chi connectivity index (χ2v) is 3.45. The van der Waals surface area contributed by atoms with Gasteiger partial charge in [0.15, 0.2) is 0 Å². The van der Waals surface area contributed by atoms with Gasteiger partial charge in [0.25, 0.3) is 5.69 Å². The highest BCUT2D eigenvalue weighted by Gasteiger charge is 2.18. The van der Waals surface area contributed by atoms with E-state index in [1.807, 2.05) is 6.07 Å². The molecule has 0 saturated carbocycles. The molecule has 0 amide bonds. The fourth-order valence-corrected chi connectivity index (χ4v) is 1.85. The fourth-order valence-electron chi connectivity index (χ4n) is 1.85. The minimum Gasteiger partial charge on any atom is -0.312 e. The van der Waals surface area contributed by atoms with Gasteiger partial charge in [-0.2, -0.15) is 0 Å². The summed E-state index contributed by atoms with van der Waals surface area (Å²) in [5, 5.41) is 14.0. The molecule has 14 heavy (non-hydrogen) atoms. The molecule has 1 heterocycles. The number of nitrogens with one attached hydrogen (secondary N) is 1. The maximum absolute atomic E-state index is 10.8. The van der Waals surface area contributed by atoms with Crippen molar-refractivity contribution in [1.82, 2.24) is 5.32 Å². The Morgan fingerprint density at radius 3 is 3.07 bits per heavy atom. The van der Waals surface area contributed by atoms with Crippen LogP contribution in [0.4, 0.5) is 5.69 Å². The normalized spacial score (nSPS) is 15.7. The van der Waals surface area contributed by atoms with Crippen LogP contribution in [0.2, 0.25) is 0 Å². The van der Waals surface area contributed by atoms with Gasteiger partial charge >= 0.3 is 0 Å². The summed E-state index contributed by atoms with van der Waals surface area (Å²) in [6.45, 7) is 1.55. The lowest BCUT2D eigenvalue weighted by molar-refractivity contribution is -0.385. The number of nitro benzene ring substituents is 1. The number of hydrogen-bond acceptors (Lipinski definition) is 3. The first-order valence-corrected chi connectivity index (χ1v) is 4.75. The Hall–Kier alpha value is -1.42. The Morgan fingerprint density at radius 2 is 2.29 bits per heavy atom. The summed E-state index contributed by atoms with van der Waals surface area (Å²) in [6, 6.07) is 5.32. The van der Waals surface area contributed by atoms with Gasteiger partial charge in [0.05, 0.1) is 4.92 Å². The van der Waals surface area contributed by atoms with E-state index >= 15 is 0 Å². The number of fused-ring (bicyclic) bond motifs is 1. The standard InChI is InChI=1S/C10H12N2O2/c13-12(14)10-5-1-3-8-4-2-6-11-7-9(8)10/h1,3,5,11H,2,4,6-7H2. The molecule has 1 aliphatic heterocycles. The summed E-state index contributed by atoms with van der Waals surface area (Å²) in [7, 11) is 0. The summed E-state index contributed by atoms with van der Waals surface area (Å²) < 4.78 is 0. The van der Waals surface area contributed by atoms with Crippen LogP contribution >= 0.6 is 0 Å². The first-order valence-electron chi connectivity index (χ1n) is 4.75. The molecule has 0 atom stereocenters. The summed E-state index contributed by atoms with van der Waals surface area (Å²) in [6.07, 6.45) is 1.98. The van der Waals surface area contributed by atoms with Crippen molar-refractivity contribution in [3.05, 3.63) is 39.4 Å². The van der Waals surface area contributed by atoms with Crippen molar-refractivity contribution in [3.8, 4) is 0 Å². The average Bonchev–Trinajstić information content (AvgIpc) is 2.41. The third kappa shape index (κ3) is 1.61. The Kier molecular flexibility index (Phi) is 2.45. The number of rotatable bonds is 1. The lowest BCUT2D eigenvalue weighted by Gasteiger charge is -2.05. The lowest BCUT2D eigenvalue weighted by atomic mass is 10.0. The van der Waals surface area contributed by atoms with E-state index in [2.05, 4.69) is 5.32 Å². The molecule has 0 radical (unpaired) electrons. The molecule has 0 fully saturated rings. The van der Waals surface area contributed by atoms with Crippen molar-refractivity contribution in [2.75, 3.05) is 6.54 Å². The minimum atomic E-state index is -0.300. The average molecular weight is 192 g/mol. The zero-order valence-corrected chi connectivity index (χ0v) is 7.82. The van der Waals surface area contributed by atoms with Gasteiger partial charge in [0.1, 0.15) is 0 Å². The predicted molar refractivity (Wildman–Crippen MR) is 53.1 cm³/mol. The Morgan fingerprint density at radius 1 is 1.43 bits per heavy atom. The molecule has 0 saturated heterocycles. The van der Waals surface area contributed by atoms with Gasteiger partial charge < -0.3 is 5.32 Å². The summed E-state index contributed by atoms with van der Waals surface area (Å²) in [5.74, 6) is 0. The number of benzene rings is 1. The van der Waals surface area contributed by atoms with E-state index in [1.54, 1.807) is 12.1 Å². The fraction of sp³-hybridized carbons (Fsp3) is 0.400. The molecule has 2 rings (SSSR count). The van der Waals surface area contributed by atoms with Crippen molar-refractivity contribution >= 4 is 5.69 Å². The van der Waals surface area contributed by atoms with E-state index < -0.39 is 0 Å². The minimum absolute atomic E-state index is 0.247. The zero-order chi connectivity index (χ0) is 9.97. The molecule has 4 nitrogen and oxygen atoms in total. The smallest absolute Gasteiger partial charge is 0.274 e. The largest absolute Gasteiger partial charge is 0.312 e. The van der Waals surface area contributed by atoms with Crippen molar-refractivity contribution in [1.29, 1.82) is 0 Å². The maximum Gasteiger partial charge on any atom is 0.274 e. The van der Waals surface area contributed by atoms with E-state index in [0.717, 1.165) is 30.5 Å². The van der Waals surface area contributed by atoms with Crippen molar-refractivity contribution in [2.45, 2.75) is 19.4 Å². The Labute approximate surface area is 82.1 Å².